The van der Waals surface area contributed by atoms with Crippen LogP contribution in [0.25, 0.3) is 10.9 Å². The van der Waals surface area contributed by atoms with Crippen LogP contribution in [0.1, 0.15) is 26.2 Å². The summed E-state index contributed by atoms with van der Waals surface area (Å²) in [6.07, 6.45) is 1.77. The third kappa shape index (κ3) is 3.20. The predicted octanol–water partition coefficient (Wildman–Crippen LogP) is 3.35. The van der Waals surface area contributed by atoms with Crippen molar-refractivity contribution in [1.29, 1.82) is 0 Å². The topological polar surface area (TPSA) is 62.2 Å². The van der Waals surface area contributed by atoms with Crippen LogP contribution in [0, 0.1) is 0 Å². The summed E-state index contributed by atoms with van der Waals surface area (Å²) in [6.45, 7) is 2.07. The summed E-state index contributed by atoms with van der Waals surface area (Å²) in [7, 11) is 0. The van der Waals surface area contributed by atoms with E-state index in [2.05, 4.69) is 16.6 Å². The third-order valence-corrected chi connectivity index (χ3v) is 3.60. The number of nitrogens with one attached hydrogen (secondary N) is 1. The Kier molecular flexibility index (Phi) is 4.15. The average molecular weight is 264 g/mol. The van der Waals surface area contributed by atoms with Gasteiger partial charge in [-0.3, -0.25) is 4.79 Å². The largest absolute Gasteiger partial charge is 0.481 e. The van der Waals surface area contributed by atoms with Gasteiger partial charge in [0.05, 0.1) is 5.52 Å². The van der Waals surface area contributed by atoms with Crippen LogP contribution >= 0.6 is 11.5 Å². The molecule has 2 rings (SSSR count). The quantitative estimate of drug-likeness (QED) is 0.840. The zero-order chi connectivity index (χ0) is 13.0. The Morgan fingerprint density at radius 3 is 3.06 bits per heavy atom. The molecule has 1 aromatic heterocycles. The van der Waals surface area contributed by atoms with E-state index in [0.29, 0.717) is 6.42 Å². The maximum atomic E-state index is 10.4. The minimum absolute atomic E-state index is 0.232. The number of carboxylic acids is 1. The van der Waals surface area contributed by atoms with E-state index in [1.807, 2.05) is 24.3 Å². The summed E-state index contributed by atoms with van der Waals surface area (Å²) >= 11 is 1.45. The first-order valence-corrected chi connectivity index (χ1v) is 6.77. The van der Waals surface area contributed by atoms with E-state index in [1.165, 1.54) is 11.5 Å². The number of anilines is 1. The van der Waals surface area contributed by atoms with Gasteiger partial charge in [-0.05, 0) is 43.4 Å². The van der Waals surface area contributed by atoms with Gasteiger partial charge in [0, 0.05) is 17.8 Å². The first-order valence-electron chi connectivity index (χ1n) is 5.99. The Morgan fingerprint density at radius 1 is 1.50 bits per heavy atom. The summed E-state index contributed by atoms with van der Waals surface area (Å²) in [5, 5.41) is 14.2. The highest BCUT2D eigenvalue weighted by Gasteiger charge is 2.09. The van der Waals surface area contributed by atoms with Crippen LogP contribution in [-0.2, 0) is 4.79 Å². The van der Waals surface area contributed by atoms with Gasteiger partial charge in [0.1, 0.15) is 5.00 Å². The fraction of sp³-hybridized carbons (Fsp3) is 0.385. The van der Waals surface area contributed by atoms with Crippen LogP contribution in [-0.4, -0.2) is 21.5 Å². The highest BCUT2D eigenvalue weighted by molar-refractivity contribution is 7.11. The summed E-state index contributed by atoms with van der Waals surface area (Å²) in [5.41, 5.74) is 1.00. The normalized spacial score (nSPS) is 12.5. The van der Waals surface area contributed by atoms with Crippen LogP contribution in [0.5, 0.6) is 0 Å². The molecule has 5 heteroatoms. The van der Waals surface area contributed by atoms with Gasteiger partial charge >= 0.3 is 5.97 Å². The number of hydrogen-bond donors (Lipinski definition) is 2. The maximum absolute atomic E-state index is 10.4. The highest BCUT2D eigenvalue weighted by atomic mass is 32.1. The van der Waals surface area contributed by atoms with E-state index in [1.54, 1.807) is 0 Å². The summed E-state index contributed by atoms with van der Waals surface area (Å²) in [4.78, 5) is 10.4. The van der Waals surface area contributed by atoms with Crippen molar-refractivity contribution in [2.75, 3.05) is 5.32 Å². The molecule has 0 saturated carbocycles. The van der Waals surface area contributed by atoms with E-state index >= 15 is 0 Å². The molecule has 0 saturated heterocycles. The molecule has 1 heterocycles. The molecule has 4 nitrogen and oxygen atoms in total. The summed E-state index contributed by atoms with van der Waals surface area (Å²) in [6, 6.07) is 8.27. The number of benzene rings is 1. The number of nitrogens with zero attached hydrogens (tertiary/aromatic N) is 1. The molecule has 96 valence electrons. The Bertz CT molecular complexity index is 539. The zero-order valence-corrected chi connectivity index (χ0v) is 11.0. The molecule has 0 spiro atoms. The average Bonchev–Trinajstić information content (AvgIpc) is 2.72. The molecule has 2 aromatic rings. The van der Waals surface area contributed by atoms with E-state index in [0.717, 1.165) is 22.3 Å². The van der Waals surface area contributed by atoms with Gasteiger partial charge in [-0.25, -0.2) is 0 Å². The molecule has 18 heavy (non-hydrogen) atoms. The van der Waals surface area contributed by atoms with Crippen LogP contribution < -0.4 is 5.32 Å². The number of rotatable bonds is 6. The second-order valence-electron chi connectivity index (χ2n) is 4.36. The number of hydrogen-bond acceptors (Lipinski definition) is 4. The van der Waals surface area contributed by atoms with Crippen molar-refractivity contribution in [2.24, 2.45) is 0 Å². The van der Waals surface area contributed by atoms with Crippen molar-refractivity contribution in [3.8, 4) is 0 Å². The van der Waals surface area contributed by atoms with Crippen molar-refractivity contribution in [3.63, 3.8) is 0 Å². The first-order chi connectivity index (χ1) is 8.66. The fourth-order valence-corrected chi connectivity index (χ4v) is 2.72. The van der Waals surface area contributed by atoms with Crippen molar-refractivity contribution in [1.82, 2.24) is 4.37 Å². The molecule has 1 aromatic carbocycles. The lowest BCUT2D eigenvalue weighted by Crippen LogP contribution is -2.14. The minimum atomic E-state index is -0.731. The minimum Gasteiger partial charge on any atom is -0.481 e. The second-order valence-corrected chi connectivity index (χ2v) is 5.13. The predicted molar refractivity (Wildman–Crippen MR) is 74.2 cm³/mol. The van der Waals surface area contributed by atoms with Gasteiger partial charge in [-0.2, -0.15) is 4.37 Å². The van der Waals surface area contributed by atoms with Crippen molar-refractivity contribution >= 4 is 33.4 Å². The molecular formula is C13H16N2O2S. The second kappa shape index (κ2) is 5.82. The number of aromatic nitrogens is 1. The number of aliphatic carboxylic acids is 1. The molecular weight excluding hydrogens is 248 g/mol. The van der Waals surface area contributed by atoms with Gasteiger partial charge in [0.25, 0.3) is 0 Å². The lowest BCUT2D eigenvalue weighted by atomic mass is 10.1. The monoisotopic (exact) mass is 264 g/mol. The lowest BCUT2D eigenvalue weighted by Gasteiger charge is -2.12. The molecule has 0 bridgehead atoms. The fourth-order valence-electron chi connectivity index (χ4n) is 1.85. The van der Waals surface area contributed by atoms with Crippen molar-refractivity contribution in [3.05, 3.63) is 24.3 Å². The molecule has 0 aliphatic heterocycles. The summed E-state index contributed by atoms with van der Waals surface area (Å²) < 4.78 is 4.37. The Balaban J connectivity index is 1.94. The molecule has 0 aliphatic rings. The van der Waals surface area contributed by atoms with Crippen LogP contribution in [0.3, 0.4) is 0 Å². The molecule has 1 atom stereocenters. The molecule has 0 amide bonds. The highest BCUT2D eigenvalue weighted by Crippen LogP contribution is 2.28. The molecule has 0 aliphatic carbocycles. The zero-order valence-electron chi connectivity index (χ0n) is 10.2. The van der Waals surface area contributed by atoms with Crippen LogP contribution in [0.4, 0.5) is 5.00 Å². The van der Waals surface area contributed by atoms with Crippen molar-refractivity contribution < 1.29 is 9.90 Å². The standard InChI is InChI=1S/C13H16N2O2S/c1-9(5-4-8-12(16)17)14-13-10-6-2-3-7-11(10)15-18-13/h2-3,6-7,9,14H,4-5,8H2,1H3,(H,16,17). The van der Waals surface area contributed by atoms with E-state index < -0.39 is 5.97 Å². The molecule has 1 unspecified atom stereocenters. The SMILES string of the molecule is CC(CCCC(=O)O)Nc1snc2ccccc12. The van der Waals surface area contributed by atoms with Crippen molar-refractivity contribution in [2.45, 2.75) is 32.2 Å². The molecule has 0 radical (unpaired) electrons. The van der Waals surface area contributed by atoms with Crippen LogP contribution in [0.2, 0.25) is 0 Å². The van der Waals surface area contributed by atoms with Gasteiger partial charge in [0.2, 0.25) is 0 Å². The van der Waals surface area contributed by atoms with E-state index in [-0.39, 0.29) is 12.5 Å². The number of carbonyl (C=O) groups is 1. The van der Waals surface area contributed by atoms with Gasteiger partial charge < -0.3 is 10.4 Å². The van der Waals surface area contributed by atoms with Crippen LogP contribution in [0.15, 0.2) is 24.3 Å². The maximum Gasteiger partial charge on any atom is 0.303 e. The van der Waals surface area contributed by atoms with Gasteiger partial charge in [-0.15, -0.1) is 0 Å². The van der Waals surface area contributed by atoms with E-state index in [9.17, 15) is 4.79 Å². The Hall–Kier alpha value is -1.62. The third-order valence-electron chi connectivity index (χ3n) is 2.79. The van der Waals surface area contributed by atoms with Gasteiger partial charge in [0.15, 0.2) is 0 Å². The Labute approximate surface area is 110 Å². The van der Waals surface area contributed by atoms with Gasteiger partial charge in [-0.1, -0.05) is 12.1 Å². The smallest absolute Gasteiger partial charge is 0.303 e. The lowest BCUT2D eigenvalue weighted by molar-refractivity contribution is -0.137. The number of fused-ring (bicyclic) bond motifs is 1. The summed E-state index contributed by atoms with van der Waals surface area (Å²) in [5.74, 6) is -0.731. The molecule has 0 fully saturated rings. The molecule has 2 N–H and O–H groups in total. The van der Waals surface area contributed by atoms with E-state index in [4.69, 9.17) is 5.11 Å². The Morgan fingerprint density at radius 2 is 2.28 bits per heavy atom. The number of carboxylic acid groups (broad SMARTS) is 1. The first kappa shape index (κ1) is 12.8.